The monoisotopic (exact) mass is 301 g/mol. The van der Waals surface area contributed by atoms with Crippen molar-refractivity contribution in [3.63, 3.8) is 0 Å². The van der Waals surface area contributed by atoms with Gasteiger partial charge >= 0.3 is 0 Å². The van der Waals surface area contributed by atoms with Crippen LogP contribution in [0.3, 0.4) is 0 Å². The lowest BCUT2D eigenvalue weighted by Gasteiger charge is -2.06. The first-order chi connectivity index (χ1) is 11.4. The predicted octanol–water partition coefficient (Wildman–Crippen LogP) is 3.47. The lowest BCUT2D eigenvalue weighted by molar-refractivity contribution is 0.582. The van der Waals surface area contributed by atoms with Crippen LogP contribution in [-0.2, 0) is 6.54 Å². The number of allylic oxidation sites excluding steroid dienone is 1. The van der Waals surface area contributed by atoms with Crippen molar-refractivity contribution in [2.75, 3.05) is 0 Å². The van der Waals surface area contributed by atoms with Crippen LogP contribution in [-0.4, -0.2) is 24.8 Å². The van der Waals surface area contributed by atoms with Crippen molar-refractivity contribution >= 4 is 10.9 Å². The minimum atomic E-state index is 0.535. The second kappa shape index (κ2) is 5.53. The maximum atomic E-state index is 4.46. The Kier molecular flexibility index (Phi) is 3.24. The van der Waals surface area contributed by atoms with Crippen LogP contribution in [0.4, 0.5) is 0 Å². The van der Waals surface area contributed by atoms with Gasteiger partial charge < -0.3 is 0 Å². The SMILES string of the molecule is C=CCn1nnc(-n2c(-c3ccccc3)cc3ccccc32)n1. The van der Waals surface area contributed by atoms with Gasteiger partial charge in [-0.05, 0) is 22.9 Å². The van der Waals surface area contributed by atoms with Crippen LogP contribution in [0.2, 0.25) is 0 Å². The molecule has 0 amide bonds. The van der Waals surface area contributed by atoms with Crippen LogP contribution >= 0.6 is 0 Å². The fraction of sp³-hybridized carbons (Fsp3) is 0.0556. The van der Waals surface area contributed by atoms with E-state index in [1.807, 2.05) is 34.9 Å². The van der Waals surface area contributed by atoms with E-state index in [9.17, 15) is 0 Å². The van der Waals surface area contributed by atoms with Gasteiger partial charge in [0.1, 0.15) is 0 Å². The van der Waals surface area contributed by atoms with Crippen molar-refractivity contribution in [2.45, 2.75) is 6.54 Å². The molecule has 2 aromatic heterocycles. The number of hydrogen-bond donors (Lipinski definition) is 0. The van der Waals surface area contributed by atoms with Crippen molar-refractivity contribution in [1.29, 1.82) is 0 Å². The second-order valence-electron chi connectivity index (χ2n) is 5.22. The summed E-state index contributed by atoms with van der Waals surface area (Å²) in [5, 5.41) is 13.9. The highest BCUT2D eigenvalue weighted by molar-refractivity contribution is 5.88. The van der Waals surface area contributed by atoms with E-state index in [2.05, 4.69) is 52.3 Å². The lowest BCUT2D eigenvalue weighted by atomic mass is 10.1. The number of aromatic nitrogens is 5. The Morgan fingerprint density at radius 2 is 1.78 bits per heavy atom. The molecule has 4 aromatic rings. The van der Waals surface area contributed by atoms with Gasteiger partial charge in [-0.2, -0.15) is 4.80 Å². The summed E-state index contributed by atoms with van der Waals surface area (Å²) in [4.78, 5) is 1.53. The molecule has 0 radical (unpaired) electrons. The molecule has 5 heteroatoms. The minimum absolute atomic E-state index is 0.535. The zero-order chi connectivity index (χ0) is 15.6. The summed E-state index contributed by atoms with van der Waals surface area (Å²) >= 11 is 0. The number of benzene rings is 2. The average Bonchev–Trinajstić information content (AvgIpc) is 3.20. The fourth-order valence-corrected chi connectivity index (χ4v) is 2.71. The van der Waals surface area contributed by atoms with E-state index >= 15 is 0 Å². The Morgan fingerprint density at radius 1 is 1.00 bits per heavy atom. The summed E-state index contributed by atoms with van der Waals surface area (Å²) in [6, 6.07) is 20.6. The highest BCUT2D eigenvalue weighted by atomic mass is 15.6. The molecule has 112 valence electrons. The lowest BCUT2D eigenvalue weighted by Crippen LogP contribution is -2.02. The number of rotatable bonds is 4. The van der Waals surface area contributed by atoms with Gasteiger partial charge in [0.2, 0.25) is 0 Å². The van der Waals surface area contributed by atoms with Crippen LogP contribution in [0.25, 0.3) is 28.1 Å². The Balaban J connectivity index is 1.97. The molecule has 4 rings (SSSR count). The molecule has 0 fully saturated rings. The zero-order valence-electron chi connectivity index (χ0n) is 12.5. The number of tetrazole rings is 1. The quantitative estimate of drug-likeness (QED) is 0.542. The summed E-state index contributed by atoms with van der Waals surface area (Å²) < 4.78 is 2.04. The first kappa shape index (κ1) is 13.5. The maximum Gasteiger partial charge on any atom is 0.275 e. The van der Waals surface area contributed by atoms with Crippen molar-refractivity contribution in [2.24, 2.45) is 0 Å². The first-order valence-electron chi connectivity index (χ1n) is 7.42. The highest BCUT2D eigenvalue weighted by Crippen LogP contribution is 2.29. The fourth-order valence-electron chi connectivity index (χ4n) is 2.71. The molecule has 0 atom stereocenters. The van der Waals surface area contributed by atoms with E-state index < -0.39 is 0 Å². The van der Waals surface area contributed by atoms with E-state index in [1.165, 1.54) is 4.80 Å². The largest absolute Gasteiger partial charge is 0.275 e. The van der Waals surface area contributed by atoms with Gasteiger partial charge in [-0.15, -0.1) is 11.7 Å². The normalized spacial score (nSPS) is 11.0. The summed E-state index contributed by atoms with van der Waals surface area (Å²) in [5.41, 5.74) is 3.22. The van der Waals surface area contributed by atoms with E-state index in [0.717, 1.165) is 22.2 Å². The molecule has 0 N–H and O–H groups in total. The number of para-hydroxylation sites is 1. The maximum absolute atomic E-state index is 4.46. The topological polar surface area (TPSA) is 48.5 Å². The molecule has 0 aliphatic rings. The minimum Gasteiger partial charge on any atom is -0.275 e. The zero-order valence-corrected chi connectivity index (χ0v) is 12.5. The molecule has 2 aromatic carbocycles. The van der Waals surface area contributed by atoms with Crippen molar-refractivity contribution in [3.8, 4) is 17.2 Å². The molecule has 0 spiro atoms. The Hall–Kier alpha value is -3.21. The summed E-state index contributed by atoms with van der Waals surface area (Å²) in [7, 11) is 0. The molecule has 23 heavy (non-hydrogen) atoms. The number of nitrogens with zero attached hydrogens (tertiary/aromatic N) is 5. The van der Waals surface area contributed by atoms with E-state index in [4.69, 9.17) is 0 Å². The Labute approximate surface area is 133 Å². The third-order valence-corrected chi connectivity index (χ3v) is 3.72. The van der Waals surface area contributed by atoms with Crippen LogP contribution < -0.4 is 0 Å². The summed E-state index contributed by atoms with van der Waals surface area (Å²) in [6.45, 7) is 4.24. The molecule has 0 saturated carbocycles. The summed E-state index contributed by atoms with van der Waals surface area (Å²) in [6.07, 6.45) is 1.75. The standard InChI is InChI=1S/C18H15N5/c1-2-12-22-20-18(19-21-22)23-16-11-7-6-10-15(16)13-17(23)14-8-4-3-5-9-14/h2-11,13H,1,12H2. The second-order valence-corrected chi connectivity index (χ2v) is 5.22. The van der Waals surface area contributed by atoms with E-state index in [-0.39, 0.29) is 0 Å². The van der Waals surface area contributed by atoms with Crippen LogP contribution in [0.5, 0.6) is 0 Å². The van der Waals surface area contributed by atoms with Gasteiger partial charge in [-0.3, -0.25) is 4.57 Å². The third kappa shape index (κ3) is 2.32. The molecule has 5 nitrogen and oxygen atoms in total. The van der Waals surface area contributed by atoms with Gasteiger partial charge in [0.25, 0.3) is 5.95 Å². The number of fused-ring (bicyclic) bond motifs is 1. The molecule has 0 bridgehead atoms. The molecular weight excluding hydrogens is 286 g/mol. The Morgan fingerprint density at radius 3 is 2.61 bits per heavy atom. The number of hydrogen-bond acceptors (Lipinski definition) is 3. The third-order valence-electron chi connectivity index (χ3n) is 3.72. The first-order valence-corrected chi connectivity index (χ1v) is 7.42. The molecule has 0 unspecified atom stereocenters. The van der Waals surface area contributed by atoms with Gasteiger partial charge in [-0.1, -0.05) is 59.7 Å². The van der Waals surface area contributed by atoms with Crippen LogP contribution in [0.15, 0.2) is 73.3 Å². The highest BCUT2D eigenvalue weighted by Gasteiger charge is 2.15. The van der Waals surface area contributed by atoms with Crippen LogP contribution in [0, 0.1) is 0 Å². The van der Waals surface area contributed by atoms with Gasteiger partial charge in [-0.25, -0.2) is 0 Å². The smallest absolute Gasteiger partial charge is 0.275 e. The molecule has 0 aliphatic carbocycles. The average molecular weight is 301 g/mol. The van der Waals surface area contributed by atoms with Gasteiger partial charge in [0.05, 0.1) is 17.8 Å². The predicted molar refractivity (Wildman–Crippen MR) is 90.3 cm³/mol. The van der Waals surface area contributed by atoms with Crippen molar-refractivity contribution in [3.05, 3.63) is 73.3 Å². The molecule has 0 aliphatic heterocycles. The van der Waals surface area contributed by atoms with Crippen molar-refractivity contribution in [1.82, 2.24) is 24.8 Å². The van der Waals surface area contributed by atoms with E-state index in [1.54, 1.807) is 6.08 Å². The molecular formula is C18H15N5. The molecule has 0 saturated heterocycles. The van der Waals surface area contributed by atoms with Gasteiger partial charge in [0, 0.05) is 5.39 Å². The van der Waals surface area contributed by atoms with Gasteiger partial charge in [0.15, 0.2) is 0 Å². The van der Waals surface area contributed by atoms with E-state index in [0.29, 0.717) is 12.5 Å². The summed E-state index contributed by atoms with van der Waals surface area (Å²) in [5.74, 6) is 0.562. The van der Waals surface area contributed by atoms with Crippen LogP contribution in [0.1, 0.15) is 0 Å². The Bertz CT molecular complexity index is 965. The molecule has 2 heterocycles. The van der Waals surface area contributed by atoms with Crippen molar-refractivity contribution < 1.29 is 0 Å².